The summed E-state index contributed by atoms with van der Waals surface area (Å²) in [6, 6.07) is 15.2. The first kappa shape index (κ1) is 22.6. The molecule has 0 amide bonds. The molecule has 0 aliphatic heterocycles. The van der Waals surface area contributed by atoms with Gasteiger partial charge in [-0.25, -0.2) is 4.98 Å². The molecule has 2 aromatic rings. The van der Waals surface area contributed by atoms with E-state index in [1.807, 2.05) is 0 Å². The van der Waals surface area contributed by atoms with E-state index in [0.29, 0.717) is 6.71 Å². The van der Waals surface area contributed by atoms with Crippen molar-refractivity contribution in [3.8, 4) is 11.3 Å². The van der Waals surface area contributed by atoms with Gasteiger partial charge in [0.25, 0.3) is 0 Å². The quantitative estimate of drug-likeness (QED) is 0.514. The standard InChI is InChI=1S/C26H36BN2Si/c1-9-27(10-2)23-15-12-11-14-22(23)24-16-13-17-25(28-24)29-26(30(7)8)20(5)18(3)19(4)21(26)6/h11-17H,9-10H2,1-8H3,(H,28,29). The van der Waals surface area contributed by atoms with Crippen molar-refractivity contribution < 1.29 is 0 Å². The molecule has 0 saturated heterocycles. The summed E-state index contributed by atoms with van der Waals surface area (Å²) in [6.07, 6.45) is 2.30. The Bertz CT molecular complexity index is 962. The molecule has 0 atom stereocenters. The number of hydrogen-bond acceptors (Lipinski definition) is 2. The van der Waals surface area contributed by atoms with Crippen molar-refractivity contribution in [2.75, 3.05) is 5.32 Å². The summed E-state index contributed by atoms with van der Waals surface area (Å²) in [6.45, 7) is 19.1. The zero-order valence-corrected chi connectivity index (χ0v) is 21.0. The van der Waals surface area contributed by atoms with Crippen LogP contribution in [0.5, 0.6) is 0 Å². The fraction of sp³-hybridized carbons (Fsp3) is 0.423. The minimum absolute atomic E-state index is 0.0701. The van der Waals surface area contributed by atoms with Crippen molar-refractivity contribution in [1.29, 1.82) is 0 Å². The molecule has 1 aliphatic rings. The molecule has 0 spiro atoms. The highest BCUT2D eigenvalue weighted by Crippen LogP contribution is 2.43. The second-order valence-electron chi connectivity index (χ2n) is 8.88. The van der Waals surface area contributed by atoms with Crippen LogP contribution in [0, 0.1) is 0 Å². The van der Waals surface area contributed by atoms with Crippen molar-refractivity contribution in [2.24, 2.45) is 0 Å². The first-order valence-corrected chi connectivity index (χ1v) is 13.8. The Morgan fingerprint density at radius 1 is 0.867 bits per heavy atom. The second-order valence-corrected chi connectivity index (χ2v) is 11.6. The number of anilines is 1. The maximum Gasteiger partial charge on any atom is 0.176 e. The lowest BCUT2D eigenvalue weighted by atomic mass is 9.40. The number of aromatic nitrogens is 1. The van der Waals surface area contributed by atoms with Crippen molar-refractivity contribution in [2.45, 2.75) is 72.4 Å². The van der Waals surface area contributed by atoms with E-state index < -0.39 is 8.80 Å². The smallest absolute Gasteiger partial charge is 0.176 e. The van der Waals surface area contributed by atoms with Gasteiger partial charge in [0.2, 0.25) is 0 Å². The number of nitrogens with zero attached hydrogens (tertiary/aromatic N) is 1. The molecule has 1 heterocycles. The molecule has 4 heteroatoms. The van der Waals surface area contributed by atoms with Gasteiger partial charge in [-0.15, -0.1) is 0 Å². The highest BCUT2D eigenvalue weighted by atomic mass is 28.3. The van der Waals surface area contributed by atoms with E-state index in [-0.39, 0.29) is 5.16 Å². The number of rotatable bonds is 7. The SMILES string of the molecule is CCB(CC)c1ccccc1-c1cccc(NC2([Si](C)C)C(C)=C(C)C(C)=C2C)n1. The summed E-state index contributed by atoms with van der Waals surface area (Å²) < 4.78 is 0. The minimum Gasteiger partial charge on any atom is -0.360 e. The van der Waals surface area contributed by atoms with E-state index in [1.165, 1.54) is 33.3 Å². The van der Waals surface area contributed by atoms with Gasteiger partial charge in [0.15, 0.2) is 6.71 Å². The molecule has 157 valence electrons. The van der Waals surface area contributed by atoms with Crippen LogP contribution < -0.4 is 10.8 Å². The molecular weight excluding hydrogens is 379 g/mol. The molecule has 30 heavy (non-hydrogen) atoms. The molecule has 1 aliphatic carbocycles. The minimum atomic E-state index is -0.704. The molecule has 2 nitrogen and oxygen atoms in total. The van der Waals surface area contributed by atoms with Gasteiger partial charge in [-0.05, 0) is 67.7 Å². The Hall–Kier alpha value is -2.07. The summed E-state index contributed by atoms with van der Waals surface area (Å²) in [5.41, 5.74) is 9.52. The molecule has 0 bridgehead atoms. The summed E-state index contributed by atoms with van der Waals surface area (Å²) in [5, 5.41) is 3.85. The Morgan fingerprint density at radius 3 is 2.03 bits per heavy atom. The highest BCUT2D eigenvalue weighted by Gasteiger charge is 2.44. The van der Waals surface area contributed by atoms with E-state index in [2.05, 4.69) is 102 Å². The number of pyridine rings is 1. The lowest BCUT2D eigenvalue weighted by molar-refractivity contribution is 0.842. The van der Waals surface area contributed by atoms with Crippen molar-refractivity contribution in [3.05, 3.63) is 64.8 Å². The largest absolute Gasteiger partial charge is 0.360 e. The number of benzene rings is 1. The van der Waals surface area contributed by atoms with Crippen LogP contribution in [0.15, 0.2) is 64.8 Å². The summed E-state index contributed by atoms with van der Waals surface area (Å²) in [4.78, 5) is 5.12. The fourth-order valence-electron chi connectivity index (χ4n) is 5.13. The Balaban J connectivity index is 2.06. The van der Waals surface area contributed by atoms with E-state index in [4.69, 9.17) is 4.98 Å². The van der Waals surface area contributed by atoms with Crippen molar-refractivity contribution in [1.82, 2.24) is 4.98 Å². The molecule has 1 N–H and O–H groups in total. The van der Waals surface area contributed by atoms with Gasteiger partial charge in [-0.3, -0.25) is 0 Å². The van der Waals surface area contributed by atoms with E-state index in [9.17, 15) is 0 Å². The molecule has 3 rings (SSSR count). The van der Waals surface area contributed by atoms with Gasteiger partial charge in [-0.1, -0.05) is 75.4 Å². The second kappa shape index (κ2) is 8.97. The zero-order valence-electron chi connectivity index (χ0n) is 20.0. The molecule has 1 aromatic heterocycles. The predicted molar refractivity (Wildman–Crippen MR) is 137 cm³/mol. The van der Waals surface area contributed by atoms with Gasteiger partial charge in [0.05, 0.1) is 19.7 Å². The predicted octanol–water partition coefficient (Wildman–Crippen LogP) is 6.62. The Morgan fingerprint density at radius 2 is 1.47 bits per heavy atom. The fourth-order valence-corrected chi connectivity index (χ4v) is 7.38. The Kier molecular flexibility index (Phi) is 6.76. The van der Waals surface area contributed by atoms with Crippen LogP contribution in [0.25, 0.3) is 11.3 Å². The van der Waals surface area contributed by atoms with E-state index in [0.717, 1.165) is 24.2 Å². The van der Waals surface area contributed by atoms with Crippen LogP contribution in [-0.2, 0) is 0 Å². The van der Waals surface area contributed by atoms with Crippen molar-refractivity contribution >= 4 is 26.8 Å². The van der Waals surface area contributed by atoms with Gasteiger partial charge in [-0.2, -0.15) is 0 Å². The lowest BCUT2D eigenvalue weighted by Crippen LogP contribution is -2.50. The number of nitrogens with one attached hydrogen (secondary N) is 1. The van der Waals surface area contributed by atoms with Crippen LogP contribution in [0.4, 0.5) is 5.82 Å². The van der Waals surface area contributed by atoms with E-state index >= 15 is 0 Å². The first-order chi connectivity index (χ1) is 14.3. The van der Waals surface area contributed by atoms with Crippen LogP contribution in [0.3, 0.4) is 0 Å². The number of hydrogen-bond donors (Lipinski definition) is 1. The van der Waals surface area contributed by atoms with Crippen LogP contribution >= 0.6 is 0 Å². The average Bonchev–Trinajstić information content (AvgIpc) is 2.91. The van der Waals surface area contributed by atoms with Gasteiger partial charge in [0, 0.05) is 0 Å². The van der Waals surface area contributed by atoms with Gasteiger partial charge in [0.1, 0.15) is 5.82 Å². The maximum absolute atomic E-state index is 5.12. The average molecular weight is 415 g/mol. The third kappa shape index (κ3) is 3.71. The molecule has 0 unspecified atom stereocenters. The third-order valence-electron chi connectivity index (χ3n) is 7.29. The maximum atomic E-state index is 5.12. The molecule has 0 saturated carbocycles. The van der Waals surface area contributed by atoms with Gasteiger partial charge >= 0.3 is 0 Å². The number of allylic oxidation sites excluding steroid dienone is 2. The molecule has 0 fully saturated rings. The zero-order chi connectivity index (χ0) is 22.1. The van der Waals surface area contributed by atoms with Crippen LogP contribution in [-0.4, -0.2) is 25.7 Å². The molecule has 1 radical (unpaired) electrons. The normalized spacial score (nSPS) is 15.9. The summed E-state index contributed by atoms with van der Waals surface area (Å²) in [5.74, 6) is 0.972. The van der Waals surface area contributed by atoms with Crippen molar-refractivity contribution in [3.63, 3.8) is 0 Å². The van der Waals surface area contributed by atoms with Crippen LogP contribution in [0.2, 0.25) is 25.7 Å². The van der Waals surface area contributed by atoms with Crippen LogP contribution in [0.1, 0.15) is 41.5 Å². The van der Waals surface area contributed by atoms with E-state index in [1.54, 1.807) is 0 Å². The van der Waals surface area contributed by atoms with Gasteiger partial charge < -0.3 is 5.32 Å². The molecular formula is C26H36BN2Si. The first-order valence-electron chi connectivity index (χ1n) is 11.3. The topological polar surface area (TPSA) is 24.9 Å². The summed E-state index contributed by atoms with van der Waals surface area (Å²) in [7, 11) is -0.704. The Labute approximate surface area is 185 Å². The molecule has 1 aromatic carbocycles. The summed E-state index contributed by atoms with van der Waals surface area (Å²) >= 11 is 0. The third-order valence-corrected chi connectivity index (χ3v) is 9.66. The monoisotopic (exact) mass is 415 g/mol. The highest BCUT2D eigenvalue weighted by molar-refractivity contribution is 6.74. The lowest BCUT2D eigenvalue weighted by Gasteiger charge is -2.38.